The number of amides is 1. The monoisotopic (exact) mass is 415 g/mol. The molecule has 5 fully saturated rings. The van der Waals surface area contributed by atoms with Crippen molar-refractivity contribution in [2.24, 2.45) is 34.5 Å². The number of nitrogens with one attached hydrogen (secondary N) is 1. The maximum Gasteiger partial charge on any atom is 0.217 e. The first-order valence-corrected chi connectivity index (χ1v) is 11.8. The van der Waals surface area contributed by atoms with Gasteiger partial charge in [0, 0.05) is 19.3 Å². The third kappa shape index (κ3) is 2.73. The van der Waals surface area contributed by atoms with Crippen LogP contribution in [-0.2, 0) is 19.1 Å². The first-order chi connectivity index (χ1) is 14.0. The highest BCUT2D eigenvalue weighted by Gasteiger charge is 2.68. The Kier molecular flexibility index (Phi) is 4.42. The number of ether oxygens (including phenoxy) is 2. The van der Waals surface area contributed by atoms with Crippen molar-refractivity contribution in [3.63, 3.8) is 0 Å². The summed E-state index contributed by atoms with van der Waals surface area (Å²) in [6.07, 6.45) is 5.78. The molecule has 0 radical (unpaired) electrons. The lowest BCUT2D eigenvalue weighted by Gasteiger charge is -2.62. The van der Waals surface area contributed by atoms with E-state index in [9.17, 15) is 9.59 Å². The molecule has 0 aromatic carbocycles. The topological polar surface area (TPSA) is 64.6 Å². The van der Waals surface area contributed by atoms with Crippen molar-refractivity contribution in [1.29, 1.82) is 0 Å². The highest BCUT2D eigenvalue weighted by Crippen LogP contribution is 2.68. The maximum absolute atomic E-state index is 13.0. The number of hydrogen-bond acceptors (Lipinski definition) is 4. The first kappa shape index (κ1) is 20.7. The molecule has 4 saturated carbocycles. The average molecular weight is 416 g/mol. The van der Waals surface area contributed by atoms with Crippen molar-refractivity contribution in [3.8, 4) is 0 Å². The largest absolute Gasteiger partial charge is 0.347 e. The Balaban J connectivity index is 1.57. The molecule has 1 amide bonds. The van der Waals surface area contributed by atoms with Gasteiger partial charge in [0.1, 0.15) is 0 Å². The summed E-state index contributed by atoms with van der Waals surface area (Å²) in [7, 11) is 0. The molecule has 1 saturated heterocycles. The number of fused-ring (bicyclic) bond motifs is 8. The normalized spacial score (nSPS) is 51.6. The molecule has 0 aromatic heterocycles. The van der Waals surface area contributed by atoms with Crippen LogP contribution in [0, 0.1) is 34.5 Å². The van der Waals surface area contributed by atoms with Gasteiger partial charge in [-0.1, -0.05) is 26.0 Å². The Labute approximate surface area is 180 Å². The van der Waals surface area contributed by atoms with Gasteiger partial charge in [-0.25, -0.2) is 0 Å². The molecular formula is C25H37NO4. The number of carbonyl (C=O) groups excluding carboxylic acids is 2. The molecule has 5 rings (SSSR count). The number of Topliss-reactive ketones (excluding diaryl/α,β-unsaturated/α-hetero) is 1. The Morgan fingerprint density at radius 2 is 1.77 bits per heavy atom. The molecule has 5 heteroatoms. The zero-order chi connectivity index (χ0) is 21.6. The molecule has 0 aromatic rings. The van der Waals surface area contributed by atoms with E-state index in [0.717, 1.165) is 12.8 Å². The summed E-state index contributed by atoms with van der Waals surface area (Å²) in [6, 6.07) is -0.372. The fourth-order valence-corrected chi connectivity index (χ4v) is 8.35. The molecule has 0 spiro atoms. The third-order valence-corrected chi connectivity index (χ3v) is 9.75. The van der Waals surface area contributed by atoms with Gasteiger partial charge in [0.2, 0.25) is 5.91 Å². The third-order valence-electron chi connectivity index (χ3n) is 9.75. The lowest BCUT2D eigenvalue weighted by atomic mass is 9.43. The maximum atomic E-state index is 13.0. The zero-order valence-electron chi connectivity index (χ0n) is 19.1. The summed E-state index contributed by atoms with van der Waals surface area (Å²) < 4.78 is 13.1. The highest BCUT2D eigenvalue weighted by atomic mass is 16.8. The second-order valence-corrected chi connectivity index (χ2v) is 11.7. The van der Waals surface area contributed by atoms with Crippen molar-refractivity contribution in [2.75, 3.05) is 0 Å². The summed E-state index contributed by atoms with van der Waals surface area (Å²) in [5.74, 6) is 1.02. The Hall–Kier alpha value is -1.20. The number of hydrogen-bond donors (Lipinski definition) is 1. The second-order valence-electron chi connectivity index (χ2n) is 11.7. The molecule has 5 aliphatic rings. The van der Waals surface area contributed by atoms with E-state index in [1.54, 1.807) is 0 Å². The van der Waals surface area contributed by atoms with Gasteiger partial charge < -0.3 is 14.8 Å². The van der Waals surface area contributed by atoms with Crippen LogP contribution in [0.1, 0.15) is 73.1 Å². The molecule has 1 heterocycles. The van der Waals surface area contributed by atoms with Crippen molar-refractivity contribution >= 4 is 11.7 Å². The van der Waals surface area contributed by atoms with Gasteiger partial charge in [0.15, 0.2) is 11.6 Å². The van der Waals surface area contributed by atoms with Gasteiger partial charge in [-0.05, 0) is 74.5 Å². The molecule has 1 N–H and O–H groups in total. The molecule has 0 bridgehead atoms. The van der Waals surface area contributed by atoms with Crippen molar-refractivity contribution in [2.45, 2.75) is 97.2 Å². The van der Waals surface area contributed by atoms with E-state index >= 15 is 0 Å². The highest BCUT2D eigenvalue weighted by molar-refractivity contribution is 5.89. The standard InChI is InChI=1S/C25H37NO4/c1-13-7-8-15-20-16(9-10-24(13,15)5)25(6)12-18(26-14(2)27)19(28)11-17(25)21-22(20)30-23(3,4)29-21/h15-18,20-22H,1,7-12H2,2-6H3,(H,26,27)/t15-,16-,17+,18?,20-,21+,22+,24+,25+/m0/s1. The van der Waals surface area contributed by atoms with E-state index in [0.29, 0.717) is 30.6 Å². The summed E-state index contributed by atoms with van der Waals surface area (Å²) in [5, 5.41) is 2.95. The number of carbonyl (C=O) groups is 2. The van der Waals surface area contributed by atoms with Crippen LogP contribution < -0.4 is 5.32 Å². The smallest absolute Gasteiger partial charge is 0.217 e. The quantitative estimate of drug-likeness (QED) is 0.657. The Morgan fingerprint density at radius 1 is 1.07 bits per heavy atom. The minimum absolute atomic E-state index is 0.0398. The van der Waals surface area contributed by atoms with Crippen LogP contribution in [0.4, 0.5) is 0 Å². The summed E-state index contributed by atoms with van der Waals surface area (Å²) in [4.78, 5) is 24.8. The number of ketones is 1. The average Bonchev–Trinajstić information content (AvgIpc) is 3.12. The van der Waals surface area contributed by atoms with Gasteiger partial charge in [-0.15, -0.1) is 0 Å². The molecule has 4 aliphatic carbocycles. The van der Waals surface area contributed by atoms with Gasteiger partial charge in [0.25, 0.3) is 0 Å². The second kappa shape index (κ2) is 6.41. The SMILES string of the molecule is C=C1CC[C@H]2[C@@H]3[C@H]4OC(C)(C)O[C@@H]4[C@H]4CC(=O)C(NC(C)=O)C[C@]4(C)[C@H]3CC[C@]12C. The molecular weight excluding hydrogens is 378 g/mol. The minimum Gasteiger partial charge on any atom is -0.347 e. The van der Waals surface area contributed by atoms with Crippen LogP contribution in [0.2, 0.25) is 0 Å². The predicted octanol–water partition coefficient (Wildman–Crippen LogP) is 4.01. The zero-order valence-corrected chi connectivity index (χ0v) is 19.1. The van der Waals surface area contributed by atoms with Gasteiger partial charge in [-0.2, -0.15) is 0 Å². The van der Waals surface area contributed by atoms with E-state index < -0.39 is 5.79 Å². The lowest BCUT2D eigenvalue weighted by Crippen LogP contribution is -2.65. The molecule has 1 unspecified atom stereocenters. The minimum atomic E-state index is -0.619. The molecule has 5 nitrogen and oxygen atoms in total. The van der Waals surface area contributed by atoms with Gasteiger partial charge in [-0.3, -0.25) is 9.59 Å². The number of rotatable bonds is 1. The predicted molar refractivity (Wildman–Crippen MR) is 113 cm³/mol. The fourth-order valence-electron chi connectivity index (χ4n) is 8.35. The molecule has 166 valence electrons. The Bertz CT molecular complexity index is 805. The van der Waals surface area contributed by atoms with E-state index in [4.69, 9.17) is 9.47 Å². The molecule has 1 aliphatic heterocycles. The van der Waals surface area contributed by atoms with Crippen LogP contribution in [0.25, 0.3) is 0 Å². The van der Waals surface area contributed by atoms with E-state index in [1.165, 1.54) is 25.3 Å². The Morgan fingerprint density at radius 3 is 2.47 bits per heavy atom. The molecule has 30 heavy (non-hydrogen) atoms. The van der Waals surface area contributed by atoms with E-state index in [-0.39, 0.29) is 46.7 Å². The van der Waals surface area contributed by atoms with E-state index in [1.807, 2.05) is 13.8 Å². The van der Waals surface area contributed by atoms with Crippen molar-refractivity contribution < 1.29 is 19.1 Å². The summed E-state index contributed by atoms with van der Waals surface area (Å²) in [5.41, 5.74) is 1.55. The summed E-state index contributed by atoms with van der Waals surface area (Å²) >= 11 is 0. The van der Waals surface area contributed by atoms with Crippen LogP contribution in [-0.4, -0.2) is 35.7 Å². The van der Waals surface area contributed by atoms with Gasteiger partial charge in [0.05, 0.1) is 18.2 Å². The first-order valence-electron chi connectivity index (χ1n) is 11.8. The van der Waals surface area contributed by atoms with Crippen molar-refractivity contribution in [3.05, 3.63) is 12.2 Å². The van der Waals surface area contributed by atoms with Gasteiger partial charge >= 0.3 is 0 Å². The van der Waals surface area contributed by atoms with Crippen LogP contribution in [0.15, 0.2) is 12.2 Å². The van der Waals surface area contributed by atoms with E-state index in [2.05, 4.69) is 25.7 Å². The molecule has 9 atom stereocenters. The van der Waals surface area contributed by atoms with Crippen LogP contribution in [0.5, 0.6) is 0 Å². The van der Waals surface area contributed by atoms with Crippen LogP contribution >= 0.6 is 0 Å². The van der Waals surface area contributed by atoms with Crippen molar-refractivity contribution in [1.82, 2.24) is 5.32 Å². The summed E-state index contributed by atoms with van der Waals surface area (Å²) in [6.45, 7) is 14.8. The lowest BCUT2D eigenvalue weighted by molar-refractivity contribution is -0.178. The van der Waals surface area contributed by atoms with Crippen LogP contribution in [0.3, 0.4) is 0 Å². The number of allylic oxidation sites excluding steroid dienone is 1. The fraction of sp³-hybridized carbons (Fsp3) is 0.840.